The molecule has 3 aromatic rings. The summed E-state index contributed by atoms with van der Waals surface area (Å²) in [5.41, 5.74) is 1.97. The fraction of sp³-hybridized carbons (Fsp3) is 0. The van der Waals surface area contributed by atoms with Gasteiger partial charge in [0.25, 0.3) is 0 Å². The van der Waals surface area contributed by atoms with Gasteiger partial charge in [-0.05, 0) is 47.5 Å². The fourth-order valence-electron chi connectivity index (χ4n) is 1.94. The first-order chi connectivity index (χ1) is 11.6. The quantitative estimate of drug-likeness (QED) is 0.768. The molecule has 1 aromatic carbocycles. The number of aromatic nitrogens is 2. The van der Waals surface area contributed by atoms with Crippen molar-refractivity contribution in [2.75, 3.05) is 0 Å². The monoisotopic (exact) mass is 322 g/mol. The Bertz CT molecular complexity index is 750. The van der Waals surface area contributed by atoms with Crippen molar-refractivity contribution in [1.29, 1.82) is 0 Å². The molecule has 0 fully saturated rings. The van der Waals surface area contributed by atoms with Crippen LogP contribution in [-0.2, 0) is 0 Å². The molecule has 0 bridgehead atoms. The van der Waals surface area contributed by atoms with Crippen molar-refractivity contribution in [3.8, 4) is 11.1 Å². The molecule has 0 aliphatic rings. The third kappa shape index (κ3) is 4.48. The van der Waals surface area contributed by atoms with Gasteiger partial charge in [-0.15, -0.1) is 0 Å². The number of carboxylic acids is 2. The Hall–Kier alpha value is -3.54. The Morgan fingerprint density at radius 2 is 0.958 bits per heavy atom. The minimum absolute atomic E-state index is 0.190. The summed E-state index contributed by atoms with van der Waals surface area (Å²) < 4.78 is 0. The van der Waals surface area contributed by atoms with Crippen LogP contribution in [-0.4, -0.2) is 32.1 Å². The van der Waals surface area contributed by atoms with Crippen molar-refractivity contribution in [2.24, 2.45) is 0 Å². The maximum absolute atomic E-state index is 10.5. The molecule has 0 aliphatic heterocycles. The second kappa shape index (κ2) is 8.19. The number of carbonyl (C=O) groups is 2. The van der Waals surface area contributed by atoms with E-state index in [1.165, 1.54) is 35.4 Å². The van der Waals surface area contributed by atoms with E-state index in [0.717, 1.165) is 0 Å². The van der Waals surface area contributed by atoms with Gasteiger partial charge >= 0.3 is 11.9 Å². The van der Waals surface area contributed by atoms with Crippen molar-refractivity contribution in [3.05, 3.63) is 84.4 Å². The van der Waals surface area contributed by atoms with Crippen molar-refractivity contribution < 1.29 is 19.8 Å². The summed E-state index contributed by atoms with van der Waals surface area (Å²) in [6, 6.07) is 13.4. The van der Waals surface area contributed by atoms with Gasteiger partial charge < -0.3 is 10.2 Å². The van der Waals surface area contributed by atoms with Gasteiger partial charge in [0.15, 0.2) is 0 Å². The molecule has 2 N–H and O–H groups in total. The molecule has 0 radical (unpaired) electrons. The Balaban J connectivity index is 0.000000174. The number of hydrogen-bond donors (Lipinski definition) is 2. The first kappa shape index (κ1) is 16.8. The average molecular weight is 322 g/mol. The van der Waals surface area contributed by atoms with Crippen LogP contribution in [0.5, 0.6) is 0 Å². The van der Waals surface area contributed by atoms with E-state index in [1.54, 1.807) is 24.8 Å². The van der Waals surface area contributed by atoms with E-state index in [4.69, 9.17) is 10.2 Å². The summed E-state index contributed by atoms with van der Waals surface area (Å²) in [7, 11) is 0. The van der Waals surface area contributed by atoms with Crippen molar-refractivity contribution in [1.82, 2.24) is 9.97 Å². The summed E-state index contributed by atoms with van der Waals surface area (Å²) in [5.74, 6) is -2.46. The van der Waals surface area contributed by atoms with Crippen LogP contribution < -0.4 is 0 Å². The summed E-state index contributed by atoms with van der Waals surface area (Å²) in [6.45, 7) is 0. The predicted molar refractivity (Wildman–Crippen MR) is 87.8 cm³/mol. The second-order valence-corrected chi connectivity index (χ2v) is 4.63. The van der Waals surface area contributed by atoms with Gasteiger partial charge in [0.05, 0.1) is 11.1 Å². The zero-order valence-electron chi connectivity index (χ0n) is 12.5. The molecule has 0 spiro atoms. The molecule has 6 heteroatoms. The van der Waals surface area contributed by atoms with Gasteiger partial charge in [-0.3, -0.25) is 9.97 Å². The van der Waals surface area contributed by atoms with Crippen LogP contribution in [0.1, 0.15) is 20.7 Å². The molecule has 0 amide bonds. The van der Waals surface area contributed by atoms with Crippen LogP contribution >= 0.6 is 0 Å². The van der Waals surface area contributed by atoms with E-state index >= 15 is 0 Å². The number of nitrogens with zero attached hydrogens (tertiary/aromatic N) is 2. The number of pyridine rings is 2. The summed E-state index contributed by atoms with van der Waals surface area (Å²) in [4.78, 5) is 28.8. The van der Waals surface area contributed by atoms with Crippen molar-refractivity contribution >= 4 is 11.9 Å². The van der Waals surface area contributed by atoms with E-state index < -0.39 is 11.9 Å². The normalized spacial score (nSPS) is 9.50. The number of aromatic carboxylic acids is 2. The third-order valence-corrected chi connectivity index (χ3v) is 3.08. The Morgan fingerprint density at radius 1 is 0.625 bits per heavy atom. The topological polar surface area (TPSA) is 100 Å². The number of benzene rings is 1. The Labute approximate surface area is 138 Å². The van der Waals surface area contributed by atoms with E-state index in [0.29, 0.717) is 0 Å². The molecule has 0 saturated carbocycles. The zero-order valence-corrected chi connectivity index (χ0v) is 12.5. The first-order valence-electron chi connectivity index (χ1n) is 6.95. The standard InChI is InChI=1S/C10H8N2.C8H6O4/c1-5-11-6-2-9(1)10-3-7-12-8-4-10;9-7(10)5-3-1-2-4-6(5)8(11)12/h1-8H;1-4H,(H,9,10)(H,11,12). The van der Waals surface area contributed by atoms with Crippen molar-refractivity contribution in [3.63, 3.8) is 0 Å². The highest BCUT2D eigenvalue weighted by Gasteiger charge is 2.13. The fourth-order valence-corrected chi connectivity index (χ4v) is 1.94. The predicted octanol–water partition coefficient (Wildman–Crippen LogP) is 3.23. The smallest absolute Gasteiger partial charge is 0.336 e. The first-order valence-corrected chi connectivity index (χ1v) is 6.95. The number of hydrogen-bond acceptors (Lipinski definition) is 4. The molecule has 0 unspecified atom stereocenters. The molecule has 2 heterocycles. The van der Waals surface area contributed by atoms with Gasteiger partial charge in [0.1, 0.15) is 0 Å². The van der Waals surface area contributed by atoms with Crippen molar-refractivity contribution in [2.45, 2.75) is 0 Å². The van der Waals surface area contributed by atoms with Crippen LogP contribution in [0, 0.1) is 0 Å². The minimum atomic E-state index is -1.23. The maximum atomic E-state index is 10.5. The summed E-state index contributed by atoms with van der Waals surface area (Å²) in [6.07, 6.45) is 7.15. The lowest BCUT2D eigenvalue weighted by Crippen LogP contribution is -2.06. The van der Waals surface area contributed by atoms with Crippen LogP contribution in [0.25, 0.3) is 11.1 Å². The Kier molecular flexibility index (Phi) is 5.74. The van der Waals surface area contributed by atoms with Gasteiger partial charge in [-0.2, -0.15) is 0 Å². The molecule has 0 atom stereocenters. The molecule has 3 rings (SSSR count). The van der Waals surface area contributed by atoms with Crippen LogP contribution in [0.15, 0.2) is 73.3 Å². The molecule has 24 heavy (non-hydrogen) atoms. The molecular formula is C18H14N2O4. The SMILES string of the molecule is O=C(O)c1ccccc1C(=O)O.c1cc(-c2ccncc2)ccn1. The highest BCUT2D eigenvalue weighted by Crippen LogP contribution is 2.15. The van der Waals surface area contributed by atoms with E-state index in [2.05, 4.69) is 9.97 Å². The molecule has 0 aliphatic carbocycles. The minimum Gasteiger partial charge on any atom is -0.478 e. The molecule has 120 valence electrons. The van der Waals surface area contributed by atoms with Gasteiger partial charge in [0, 0.05) is 24.8 Å². The second-order valence-electron chi connectivity index (χ2n) is 4.63. The van der Waals surface area contributed by atoms with Crippen LogP contribution in [0.3, 0.4) is 0 Å². The average Bonchev–Trinajstić information content (AvgIpc) is 2.63. The number of carboxylic acid groups (broad SMARTS) is 2. The third-order valence-electron chi connectivity index (χ3n) is 3.08. The molecular weight excluding hydrogens is 308 g/mol. The highest BCUT2D eigenvalue weighted by atomic mass is 16.4. The lowest BCUT2D eigenvalue weighted by atomic mass is 10.1. The van der Waals surface area contributed by atoms with Gasteiger partial charge in [-0.1, -0.05) is 12.1 Å². The Morgan fingerprint density at radius 3 is 1.25 bits per heavy atom. The molecule has 6 nitrogen and oxygen atoms in total. The summed E-state index contributed by atoms with van der Waals surface area (Å²) in [5, 5.41) is 17.1. The van der Waals surface area contributed by atoms with E-state index in [9.17, 15) is 9.59 Å². The lowest BCUT2D eigenvalue weighted by Gasteiger charge is -1.98. The molecule has 2 aromatic heterocycles. The lowest BCUT2D eigenvalue weighted by molar-refractivity contribution is 0.0651. The number of rotatable bonds is 3. The molecule has 0 saturated heterocycles. The summed E-state index contributed by atoms with van der Waals surface area (Å²) >= 11 is 0. The largest absolute Gasteiger partial charge is 0.478 e. The van der Waals surface area contributed by atoms with Crippen LogP contribution in [0.4, 0.5) is 0 Å². The van der Waals surface area contributed by atoms with Gasteiger partial charge in [-0.25, -0.2) is 9.59 Å². The van der Waals surface area contributed by atoms with Crippen LogP contribution in [0.2, 0.25) is 0 Å². The zero-order chi connectivity index (χ0) is 17.4. The highest BCUT2D eigenvalue weighted by molar-refractivity contribution is 6.01. The van der Waals surface area contributed by atoms with E-state index in [1.807, 2.05) is 24.3 Å². The van der Waals surface area contributed by atoms with Gasteiger partial charge in [0.2, 0.25) is 0 Å². The van der Waals surface area contributed by atoms with E-state index in [-0.39, 0.29) is 11.1 Å². The maximum Gasteiger partial charge on any atom is 0.336 e.